The summed E-state index contributed by atoms with van der Waals surface area (Å²) in [4.78, 5) is 28.3. The number of nitrogens with zero attached hydrogens (tertiary/aromatic N) is 1. The number of benzene rings is 3. The van der Waals surface area contributed by atoms with E-state index in [0.717, 1.165) is 22.4 Å². The van der Waals surface area contributed by atoms with E-state index in [1.54, 1.807) is 13.2 Å². The van der Waals surface area contributed by atoms with Gasteiger partial charge in [0.2, 0.25) is 0 Å². The van der Waals surface area contributed by atoms with E-state index < -0.39 is 0 Å². The highest BCUT2D eigenvalue weighted by molar-refractivity contribution is 6.37. The number of amides is 2. The van der Waals surface area contributed by atoms with Crippen molar-refractivity contribution in [2.45, 2.75) is 20.3 Å². The van der Waals surface area contributed by atoms with Crippen LogP contribution in [0.4, 0.5) is 5.69 Å². The zero-order valence-corrected chi connectivity index (χ0v) is 18.5. The summed E-state index contributed by atoms with van der Waals surface area (Å²) >= 11 is 0. The number of carbonyl (C=O) groups excluding carboxylic acids is 2. The van der Waals surface area contributed by atoms with Gasteiger partial charge in [-0.15, -0.1) is 0 Å². The second-order valence-corrected chi connectivity index (χ2v) is 7.82. The number of imide groups is 1. The maximum atomic E-state index is 13.5. The molecule has 2 amide bonds. The van der Waals surface area contributed by atoms with Crippen LogP contribution in [0.1, 0.15) is 22.3 Å². The van der Waals surface area contributed by atoms with E-state index in [-0.39, 0.29) is 17.5 Å². The van der Waals surface area contributed by atoms with Crippen LogP contribution in [0, 0.1) is 13.8 Å². The smallest absolute Gasteiger partial charge is 0.278 e. The van der Waals surface area contributed by atoms with E-state index in [0.29, 0.717) is 29.9 Å². The Balaban J connectivity index is 1.74. The normalized spacial score (nSPS) is 13.7. The average Bonchev–Trinajstić information content (AvgIpc) is 3.04. The SMILES string of the molecule is COc1ccccc1C1=C(Nc2cccc(C)c2C)C(=O)N(CCc2ccccc2)C1=O. The molecule has 1 aliphatic rings. The van der Waals surface area contributed by atoms with Crippen LogP contribution in [0.25, 0.3) is 5.57 Å². The third-order valence-corrected chi connectivity index (χ3v) is 5.88. The van der Waals surface area contributed by atoms with Gasteiger partial charge in [-0.25, -0.2) is 0 Å². The molecule has 0 spiro atoms. The average molecular weight is 427 g/mol. The van der Waals surface area contributed by atoms with E-state index in [4.69, 9.17) is 4.74 Å². The standard InChI is InChI=1S/C27H26N2O3/c1-18-10-9-14-22(19(18)2)28-25-24(21-13-7-8-15-23(21)32-3)26(30)29(27(25)31)17-16-20-11-5-4-6-12-20/h4-15,28H,16-17H2,1-3H3. The molecule has 0 bridgehead atoms. The first-order valence-corrected chi connectivity index (χ1v) is 10.6. The van der Waals surface area contributed by atoms with Crippen molar-refractivity contribution in [1.29, 1.82) is 0 Å². The van der Waals surface area contributed by atoms with Crippen LogP contribution in [0.5, 0.6) is 5.75 Å². The van der Waals surface area contributed by atoms with Crippen LogP contribution in [0.2, 0.25) is 0 Å². The molecule has 3 aromatic rings. The van der Waals surface area contributed by atoms with Gasteiger partial charge in [0.25, 0.3) is 11.8 Å². The van der Waals surface area contributed by atoms with Gasteiger partial charge in [0, 0.05) is 17.8 Å². The number of hydrogen-bond acceptors (Lipinski definition) is 4. The highest BCUT2D eigenvalue weighted by Gasteiger charge is 2.40. The molecule has 162 valence electrons. The van der Waals surface area contributed by atoms with E-state index in [2.05, 4.69) is 5.32 Å². The Morgan fingerprint density at radius 2 is 1.56 bits per heavy atom. The Bertz CT molecular complexity index is 1200. The molecule has 32 heavy (non-hydrogen) atoms. The van der Waals surface area contributed by atoms with Gasteiger partial charge < -0.3 is 10.1 Å². The van der Waals surface area contributed by atoms with Gasteiger partial charge in [0.15, 0.2) is 0 Å². The van der Waals surface area contributed by atoms with Gasteiger partial charge in [-0.2, -0.15) is 0 Å². The van der Waals surface area contributed by atoms with E-state index in [9.17, 15) is 9.59 Å². The van der Waals surface area contributed by atoms with Crippen LogP contribution in [0.3, 0.4) is 0 Å². The molecule has 0 radical (unpaired) electrons. The van der Waals surface area contributed by atoms with E-state index in [1.807, 2.05) is 80.6 Å². The van der Waals surface area contributed by atoms with E-state index in [1.165, 1.54) is 4.90 Å². The quantitative estimate of drug-likeness (QED) is 0.554. The summed E-state index contributed by atoms with van der Waals surface area (Å²) in [5.41, 5.74) is 5.22. The number of hydrogen-bond donors (Lipinski definition) is 1. The first-order valence-electron chi connectivity index (χ1n) is 10.6. The number of nitrogens with one attached hydrogen (secondary N) is 1. The van der Waals surface area contributed by atoms with Crippen molar-refractivity contribution in [2.24, 2.45) is 0 Å². The molecule has 0 saturated carbocycles. The second-order valence-electron chi connectivity index (χ2n) is 7.82. The minimum atomic E-state index is -0.326. The third kappa shape index (κ3) is 4.02. The number of ether oxygens (including phenoxy) is 1. The molecule has 1 heterocycles. The van der Waals surface area contributed by atoms with Crippen LogP contribution < -0.4 is 10.1 Å². The van der Waals surface area contributed by atoms with Gasteiger partial charge >= 0.3 is 0 Å². The third-order valence-electron chi connectivity index (χ3n) is 5.88. The molecule has 0 unspecified atom stereocenters. The first kappa shape index (κ1) is 21.4. The molecule has 1 aliphatic heterocycles. The molecular formula is C27H26N2O3. The van der Waals surface area contributed by atoms with Gasteiger partial charge in [-0.3, -0.25) is 14.5 Å². The highest BCUT2D eigenvalue weighted by atomic mass is 16.5. The van der Waals surface area contributed by atoms with Crippen LogP contribution in [-0.2, 0) is 16.0 Å². The van der Waals surface area contributed by atoms with Crippen molar-refractivity contribution in [3.05, 3.63) is 101 Å². The molecule has 0 saturated heterocycles. The minimum absolute atomic E-state index is 0.279. The zero-order chi connectivity index (χ0) is 22.7. The minimum Gasteiger partial charge on any atom is -0.496 e. The van der Waals surface area contributed by atoms with Crippen molar-refractivity contribution in [3.8, 4) is 5.75 Å². The highest BCUT2D eigenvalue weighted by Crippen LogP contribution is 2.36. The fourth-order valence-corrected chi connectivity index (χ4v) is 3.90. The zero-order valence-electron chi connectivity index (χ0n) is 18.5. The summed E-state index contributed by atoms with van der Waals surface area (Å²) in [6.45, 7) is 4.32. The van der Waals surface area contributed by atoms with Gasteiger partial charge in [-0.1, -0.05) is 60.7 Å². The summed E-state index contributed by atoms with van der Waals surface area (Å²) in [7, 11) is 1.56. The Hall–Kier alpha value is -3.86. The topological polar surface area (TPSA) is 58.6 Å². The van der Waals surface area contributed by atoms with Crippen molar-refractivity contribution in [2.75, 3.05) is 19.0 Å². The molecular weight excluding hydrogens is 400 g/mol. The lowest BCUT2D eigenvalue weighted by Crippen LogP contribution is -2.34. The van der Waals surface area contributed by atoms with Crippen LogP contribution in [-0.4, -0.2) is 30.4 Å². The summed E-state index contributed by atoms with van der Waals surface area (Å²) in [5, 5.41) is 3.27. The predicted octanol–water partition coefficient (Wildman–Crippen LogP) is 4.75. The van der Waals surface area contributed by atoms with Crippen LogP contribution >= 0.6 is 0 Å². The van der Waals surface area contributed by atoms with Crippen molar-refractivity contribution in [1.82, 2.24) is 4.90 Å². The molecule has 4 rings (SSSR count). The molecule has 5 nitrogen and oxygen atoms in total. The number of methoxy groups -OCH3 is 1. The van der Waals surface area contributed by atoms with Crippen molar-refractivity contribution >= 4 is 23.1 Å². The van der Waals surface area contributed by atoms with Crippen LogP contribution in [0.15, 0.2) is 78.5 Å². The van der Waals surface area contributed by atoms with Gasteiger partial charge in [0.05, 0.1) is 12.7 Å². The number of para-hydroxylation sites is 1. The number of rotatable bonds is 7. The molecule has 0 atom stereocenters. The monoisotopic (exact) mass is 426 g/mol. The molecule has 0 aliphatic carbocycles. The lowest BCUT2D eigenvalue weighted by molar-refractivity contribution is -0.136. The summed E-state index contributed by atoms with van der Waals surface area (Å²) in [6.07, 6.45) is 0.592. The largest absolute Gasteiger partial charge is 0.496 e. The molecule has 5 heteroatoms. The van der Waals surface area contributed by atoms with Gasteiger partial charge in [0.1, 0.15) is 11.4 Å². The maximum absolute atomic E-state index is 13.5. The maximum Gasteiger partial charge on any atom is 0.278 e. The molecule has 0 aromatic heterocycles. The Kier molecular flexibility index (Phi) is 6.08. The summed E-state index contributed by atoms with van der Waals surface area (Å²) < 4.78 is 5.50. The lowest BCUT2D eigenvalue weighted by atomic mass is 10.0. The fourth-order valence-electron chi connectivity index (χ4n) is 3.90. The summed E-state index contributed by atoms with van der Waals surface area (Å²) in [6, 6.07) is 23.0. The molecule has 1 N–H and O–H groups in total. The van der Waals surface area contributed by atoms with Gasteiger partial charge in [-0.05, 0) is 49.1 Å². The summed E-state index contributed by atoms with van der Waals surface area (Å²) in [5.74, 6) is -0.0928. The predicted molar refractivity (Wildman–Crippen MR) is 126 cm³/mol. The Morgan fingerprint density at radius 3 is 2.31 bits per heavy atom. The Labute approximate surface area is 188 Å². The van der Waals surface area contributed by atoms with E-state index >= 15 is 0 Å². The Morgan fingerprint density at radius 1 is 0.844 bits per heavy atom. The number of anilines is 1. The van der Waals surface area contributed by atoms with Crippen molar-refractivity contribution in [3.63, 3.8) is 0 Å². The molecule has 3 aromatic carbocycles. The first-order chi connectivity index (χ1) is 15.5. The lowest BCUT2D eigenvalue weighted by Gasteiger charge is -2.16. The molecule has 0 fully saturated rings. The number of carbonyl (C=O) groups is 2. The second kappa shape index (κ2) is 9.10. The van der Waals surface area contributed by atoms with Crippen molar-refractivity contribution < 1.29 is 14.3 Å². The number of aryl methyl sites for hydroxylation is 1. The fraction of sp³-hybridized carbons (Fsp3) is 0.185.